The van der Waals surface area contributed by atoms with E-state index in [9.17, 15) is 0 Å². The number of isocyanates is 1. The van der Waals surface area contributed by atoms with E-state index in [1.807, 2.05) is 42.5 Å². The Morgan fingerprint density at radius 1 is 1.10 bits per heavy atom. The molecule has 4 nitrogen and oxygen atoms in total. The predicted octanol–water partition coefficient (Wildman–Crippen LogP) is 4.65. The van der Waals surface area contributed by atoms with E-state index < -0.39 is 5.97 Å². The first-order chi connectivity index (χ1) is 9.93. The largest absolute Gasteiger partial charge is 0.481 e. The van der Waals surface area contributed by atoms with E-state index in [1.165, 1.54) is 0 Å². The van der Waals surface area contributed by atoms with Crippen LogP contribution in [0.15, 0.2) is 48.5 Å². The van der Waals surface area contributed by atoms with Gasteiger partial charge >= 0.3 is 0 Å². The third-order valence-corrected chi connectivity index (χ3v) is 2.86. The van der Waals surface area contributed by atoms with E-state index >= 15 is 0 Å². The molecule has 0 aliphatic rings. The number of carboxylic acids is 1. The highest BCUT2D eigenvalue weighted by molar-refractivity contribution is 6.43. The number of hydrogen-bond donors (Lipinski definition) is 2. The molecule has 2 aromatic carbocycles. The van der Waals surface area contributed by atoms with Gasteiger partial charge in [-0.3, -0.25) is 4.79 Å². The summed E-state index contributed by atoms with van der Waals surface area (Å²) in [5.74, 6) is -0.833. The number of rotatable bonds is 1. The highest BCUT2D eigenvalue weighted by Crippen LogP contribution is 2.32. The van der Waals surface area contributed by atoms with Gasteiger partial charge < -0.3 is 5.11 Å². The van der Waals surface area contributed by atoms with Crippen LogP contribution in [0.5, 0.6) is 0 Å². The number of carbonyl (C=O) groups excluding carboxylic acids is 1. The van der Waals surface area contributed by atoms with Crippen molar-refractivity contribution >= 4 is 35.3 Å². The lowest BCUT2D eigenvalue weighted by Gasteiger charge is -2.04. The minimum absolute atomic E-state index is 0.591. The molecule has 0 unspecified atom stereocenters. The van der Waals surface area contributed by atoms with Crippen molar-refractivity contribution in [3.05, 3.63) is 58.6 Å². The maximum absolute atomic E-state index is 9.00. The van der Waals surface area contributed by atoms with E-state index in [-0.39, 0.29) is 0 Å². The first kappa shape index (κ1) is 18.9. The Bertz CT molecular complexity index is 606. The van der Waals surface area contributed by atoms with Crippen molar-refractivity contribution < 1.29 is 14.7 Å². The Kier molecular flexibility index (Phi) is 9.55. The molecule has 110 valence electrons. The number of carbonyl (C=O) groups is 1. The topological polar surface area (TPSA) is 78.2 Å². The van der Waals surface area contributed by atoms with Crippen LogP contribution >= 0.6 is 23.2 Å². The van der Waals surface area contributed by atoms with Crippen LogP contribution in [-0.2, 0) is 9.59 Å². The lowest BCUT2D eigenvalue weighted by atomic mass is 10.1. The lowest BCUT2D eigenvalue weighted by molar-refractivity contribution is -0.134. The molecular formula is C15H13Cl2NO3. The van der Waals surface area contributed by atoms with Crippen molar-refractivity contribution in [2.24, 2.45) is 0 Å². The Balaban J connectivity index is 0.000000486. The molecule has 0 radical (unpaired) electrons. The van der Waals surface area contributed by atoms with Crippen molar-refractivity contribution in [3.63, 3.8) is 0 Å². The zero-order valence-electron chi connectivity index (χ0n) is 11.1. The maximum Gasteiger partial charge on any atom is 0.300 e. The normalized spacial score (nSPS) is 8.33. The van der Waals surface area contributed by atoms with Crippen LogP contribution in [0.4, 0.5) is 0 Å². The third-order valence-electron chi connectivity index (χ3n) is 2.04. The fraction of sp³-hybridized carbons (Fsp3) is 0.0667. The van der Waals surface area contributed by atoms with Crippen LogP contribution in [0.2, 0.25) is 10.0 Å². The lowest BCUT2D eigenvalue weighted by Crippen LogP contribution is -1.79. The molecule has 0 fully saturated rings. The van der Waals surface area contributed by atoms with Crippen LogP contribution in [0.25, 0.3) is 11.1 Å². The van der Waals surface area contributed by atoms with Gasteiger partial charge in [-0.1, -0.05) is 65.7 Å². The van der Waals surface area contributed by atoms with Crippen LogP contribution in [-0.4, -0.2) is 17.2 Å². The molecule has 6 heteroatoms. The maximum atomic E-state index is 9.00. The summed E-state index contributed by atoms with van der Waals surface area (Å²) < 4.78 is 0. The van der Waals surface area contributed by atoms with Gasteiger partial charge in [0.1, 0.15) is 0 Å². The van der Waals surface area contributed by atoms with E-state index in [0.29, 0.717) is 10.0 Å². The molecule has 0 aliphatic carbocycles. The van der Waals surface area contributed by atoms with Gasteiger partial charge in [-0.15, -0.1) is 0 Å². The SMILES string of the molecule is CC(=O)O.Clc1cccc(-c2ccccc2)c1Cl.N=C=O. The Morgan fingerprint density at radius 3 is 2.05 bits per heavy atom. The first-order valence-corrected chi connectivity index (χ1v) is 6.42. The molecule has 0 atom stereocenters. The molecule has 0 aliphatic heterocycles. The molecule has 2 N–H and O–H groups in total. The Hall–Kier alpha value is -2.13. The fourth-order valence-corrected chi connectivity index (χ4v) is 1.75. The number of halogens is 2. The Labute approximate surface area is 132 Å². The van der Waals surface area contributed by atoms with Crippen molar-refractivity contribution in [3.8, 4) is 11.1 Å². The van der Waals surface area contributed by atoms with Gasteiger partial charge in [-0.25, -0.2) is 10.2 Å². The standard InChI is InChI=1S/C12H8Cl2.C2H4O2.CHNO/c13-11-8-4-7-10(12(11)14)9-5-2-1-3-6-9;1-2(3)4;2-1-3/h1-8H;1H3,(H,3,4);2H. The van der Waals surface area contributed by atoms with Gasteiger partial charge in [0.15, 0.2) is 0 Å². The number of aliphatic carboxylic acids is 1. The van der Waals surface area contributed by atoms with Crippen LogP contribution in [0.3, 0.4) is 0 Å². The average Bonchev–Trinajstić information content (AvgIpc) is 2.43. The number of carboxylic acid groups (broad SMARTS) is 1. The molecule has 0 amide bonds. The number of benzene rings is 2. The van der Waals surface area contributed by atoms with E-state index in [0.717, 1.165) is 24.1 Å². The second kappa shape index (κ2) is 10.6. The van der Waals surface area contributed by atoms with Gasteiger partial charge in [-0.05, 0) is 11.6 Å². The molecule has 0 aromatic heterocycles. The summed E-state index contributed by atoms with van der Waals surface area (Å²) in [6, 6.07) is 15.6. The zero-order chi connectivity index (χ0) is 16.3. The second-order valence-corrected chi connectivity index (χ2v) is 4.37. The molecule has 0 bridgehead atoms. The molecule has 0 saturated carbocycles. The highest BCUT2D eigenvalue weighted by Gasteiger charge is 2.05. The van der Waals surface area contributed by atoms with Crippen molar-refractivity contribution in [1.82, 2.24) is 0 Å². The molecule has 0 saturated heterocycles. The van der Waals surface area contributed by atoms with Crippen molar-refractivity contribution in [2.45, 2.75) is 6.92 Å². The number of hydrogen-bond acceptors (Lipinski definition) is 3. The second-order valence-electron chi connectivity index (χ2n) is 3.59. The van der Waals surface area contributed by atoms with Gasteiger partial charge in [0.05, 0.1) is 10.0 Å². The fourth-order valence-electron chi connectivity index (χ4n) is 1.34. The number of nitrogens with one attached hydrogen (secondary N) is 1. The monoisotopic (exact) mass is 325 g/mol. The van der Waals surface area contributed by atoms with Crippen molar-refractivity contribution in [1.29, 1.82) is 5.41 Å². The smallest absolute Gasteiger partial charge is 0.300 e. The van der Waals surface area contributed by atoms with Crippen LogP contribution in [0, 0.1) is 5.41 Å². The molecule has 2 rings (SSSR count). The van der Waals surface area contributed by atoms with E-state index in [4.69, 9.17) is 43.3 Å². The van der Waals surface area contributed by atoms with Crippen LogP contribution in [0.1, 0.15) is 6.92 Å². The molecule has 0 heterocycles. The summed E-state index contributed by atoms with van der Waals surface area (Å²) in [6.07, 6.45) is 0.750. The first-order valence-electron chi connectivity index (χ1n) is 5.66. The molecular weight excluding hydrogens is 313 g/mol. The van der Waals surface area contributed by atoms with Gasteiger partial charge in [0, 0.05) is 12.5 Å². The average molecular weight is 326 g/mol. The van der Waals surface area contributed by atoms with E-state index in [2.05, 4.69) is 0 Å². The summed E-state index contributed by atoms with van der Waals surface area (Å²) in [5, 5.41) is 14.0. The summed E-state index contributed by atoms with van der Waals surface area (Å²) in [5.41, 5.74) is 2.06. The quantitative estimate of drug-likeness (QED) is 0.591. The third kappa shape index (κ3) is 7.90. The van der Waals surface area contributed by atoms with Crippen molar-refractivity contribution in [2.75, 3.05) is 0 Å². The van der Waals surface area contributed by atoms with Gasteiger partial charge in [0.25, 0.3) is 5.97 Å². The van der Waals surface area contributed by atoms with E-state index in [1.54, 1.807) is 6.07 Å². The van der Waals surface area contributed by atoms with Gasteiger partial charge in [-0.2, -0.15) is 0 Å². The van der Waals surface area contributed by atoms with Gasteiger partial charge in [0.2, 0.25) is 6.08 Å². The predicted molar refractivity (Wildman–Crippen MR) is 83.6 cm³/mol. The summed E-state index contributed by atoms with van der Waals surface area (Å²) in [4.78, 5) is 17.3. The highest BCUT2D eigenvalue weighted by atomic mass is 35.5. The Morgan fingerprint density at radius 2 is 1.57 bits per heavy atom. The molecule has 2 aromatic rings. The zero-order valence-corrected chi connectivity index (χ0v) is 12.7. The summed E-state index contributed by atoms with van der Waals surface area (Å²) in [7, 11) is 0. The molecule has 0 spiro atoms. The minimum atomic E-state index is -0.833. The van der Waals surface area contributed by atoms with Crippen LogP contribution < -0.4 is 0 Å². The summed E-state index contributed by atoms with van der Waals surface area (Å²) in [6.45, 7) is 1.08. The molecule has 21 heavy (non-hydrogen) atoms. The minimum Gasteiger partial charge on any atom is -0.481 e. The summed E-state index contributed by atoms with van der Waals surface area (Å²) >= 11 is 12.0.